The van der Waals surface area contributed by atoms with Crippen molar-refractivity contribution in [3.05, 3.63) is 52.6 Å². The van der Waals surface area contributed by atoms with E-state index in [1.807, 2.05) is 0 Å². The van der Waals surface area contributed by atoms with E-state index < -0.39 is 0 Å². The molecule has 0 spiro atoms. The summed E-state index contributed by atoms with van der Waals surface area (Å²) in [4.78, 5) is 17.5. The van der Waals surface area contributed by atoms with Gasteiger partial charge in [0.15, 0.2) is 0 Å². The fourth-order valence-electron chi connectivity index (χ4n) is 1.70. The molecule has 0 unspecified atom stereocenters. The number of hydrogen-bond acceptors (Lipinski definition) is 4. The highest BCUT2D eigenvalue weighted by molar-refractivity contribution is 5.60. The number of aryl methyl sites for hydroxylation is 1. The van der Waals surface area contributed by atoms with Crippen molar-refractivity contribution in [1.82, 2.24) is 9.97 Å². The second-order valence-electron chi connectivity index (χ2n) is 3.84. The Hall–Kier alpha value is -2.37. The Morgan fingerprint density at radius 3 is 2.94 bits per heavy atom. The second-order valence-corrected chi connectivity index (χ2v) is 3.84. The summed E-state index contributed by atoms with van der Waals surface area (Å²) in [5.41, 5.74) is 0.664. The number of imidazole rings is 1. The second kappa shape index (κ2) is 5.81. The Labute approximate surface area is 104 Å². The molecule has 2 aromatic rings. The van der Waals surface area contributed by atoms with Gasteiger partial charge in [-0.3, -0.25) is 10.1 Å². The molecule has 0 saturated carbocycles. The number of nitro benzene ring substituents is 1. The number of aromatic amines is 1. The highest BCUT2D eigenvalue weighted by Gasteiger charge is 2.11. The minimum atomic E-state index is -0.380. The van der Waals surface area contributed by atoms with Crippen LogP contribution in [0.2, 0.25) is 0 Å². The molecule has 0 aliphatic rings. The summed E-state index contributed by atoms with van der Waals surface area (Å²) >= 11 is 0. The van der Waals surface area contributed by atoms with E-state index in [4.69, 9.17) is 0 Å². The van der Waals surface area contributed by atoms with Crippen molar-refractivity contribution in [2.24, 2.45) is 0 Å². The van der Waals surface area contributed by atoms with Gasteiger partial charge >= 0.3 is 0 Å². The average Bonchev–Trinajstić information content (AvgIpc) is 2.88. The van der Waals surface area contributed by atoms with Crippen LogP contribution < -0.4 is 5.32 Å². The summed E-state index contributed by atoms with van der Waals surface area (Å²) in [7, 11) is 0. The van der Waals surface area contributed by atoms with Crippen molar-refractivity contribution in [2.75, 3.05) is 11.9 Å². The van der Waals surface area contributed by atoms with Gasteiger partial charge in [0.1, 0.15) is 11.5 Å². The molecule has 1 heterocycles. The average molecular weight is 246 g/mol. The summed E-state index contributed by atoms with van der Waals surface area (Å²) in [6, 6.07) is 6.65. The molecule has 18 heavy (non-hydrogen) atoms. The summed E-state index contributed by atoms with van der Waals surface area (Å²) in [5, 5.41) is 13.9. The van der Waals surface area contributed by atoms with Crippen LogP contribution in [0.4, 0.5) is 11.4 Å². The van der Waals surface area contributed by atoms with Gasteiger partial charge in [0.2, 0.25) is 0 Å². The Morgan fingerprint density at radius 1 is 1.39 bits per heavy atom. The summed E-state index contributed by atoms with van der Waals surface area (Å²) in [6.45, 7) is 0.672. The van der Waals surface area contributed by atoms with Crippen LogP contribution in [0.1, 0.15) is 12.2 Å². The fraction of sp³-hybridized carbons (Fsp3) is 0.250. The van der Waals surface area contributed by atoms with Gasteiger partial charge in [-0.2, -0.15) is 0 Å². The van der Waals surface area contributed by atoms with E-state index in [1.165, 1.54) is 6.07 Å². The zero-order valence-electron chi connectivity index (χ0n) is 9.80. The lowest BCUT2D eigenvalue weighted by atomic mass is 10.2. The first-order valence-corrected chi connectivity index (χ1v) is 5.73. The molecule has 0 fully saturated rings. The third-order valence-corrected chi connectivity index (χ3v) is 2.56. The summed E-state index contributed by atoms with van der Waals surface area (Å²) in [5.74, 6) is 0.930. The number of anilines is 1. The molecule has 6 heteroatoms. The fourth-order valence-corrected chi connectivity index (χ4v) is 1.70. The smallest absolute Gasteiger partial charge is 0.292 e. The number of hydrogen-bond donors (Lipinski definition) is 2. The van der Waals surface area contributed by atoms with Crippen LogP contribution in [0.15, 0.2) is 36.7 Å². The minimum absolute atomic E-state index is 0.107. The van der Waals surface area contributed by atoms with Gasteiger partial charge in [0, 0.05) is 31.4 Å². The molecule has 0 radical (unpaired) electrons. The van der Waals surface area contributed by atoms with E-state index in [9.17, 15) is 10.1 Å². The molecule has 0 aliphatic carbocycles. The van der Waals surface area contributed by atoms with Gasteiger partial charge in [-0.15, -0.1) is 0 Å². The van der Waals surface area contributed by atoms with Crippen LogP contribution in [-0.4, -0.2) is 21.4 Å². The van der Waals surface area contributed by atoms with Gasteiger partial charge in [-0.05, 0) is 12.5 Å². The van der Waals surface area contributed by atoms with Crippen LogP contribution >= 0.6 is 0 Å². The lowest BCUT2D eigenvalue weighted by Gasteiger charge is -2.05. The first-order chi connectivity index (χ1) is 8.77. The number of nitrogens with one attached hydrogen (secondary N) is 2. The summed E-state index contributed by atoms with van der Waals surface area (Å²) in [6.07, 6.45) is 5.18. The van der Waals surface area contributed by atoms with E-state index >= 15 is 0 Å². The summed E-state index contributed by atoms with van der Waals surface area (Å²) < 4.78 is 0. The number of para-hydroxylation sites is 2. The molecule has 1 aromatic heterocycles. The number of aromatic nitrogens is 2. The van der Waals surface area contributed by atoms with Crippen molar-refractivity contribution in [3.63, 3.8) is 0 Å². The van der Waals surface area contributed by atoms with E-state index in [2.05, 4.69) is 15.3 Å². The predicted octanol–water partition coefficient (Wildman–Crippen LogP) is 2.36. The zero-order valence-corrected chi connectivity index (χ0v) is 9.80. The van der Waals surface area contributed by atoms with Gasteiger partial charge in [0.25, 0.3) is 5.69 Å². The predicted molar refractivity (Wildman–Crippen MR) is 68.5 cm³/mol. The Kier molecular flexibility index (Phi) is 3.90. The molecule has 0 bridgehead atoms. The molecule has 0 atom stereocenters. The molecule has 0 saturated heterocycles. The molecule has 0 aliphatic heterocycles. The SMILES string of the molecule is O=[N+]([O-])c1ccccc1NCCCc1ncc[nH]1. The normalized spacial score (nSPS) is 10.2. The van der Waals surface area contributed by atoms with Crippen LogP contribution in [0.3, 0.4) is 0 Å². The molecule has 94 valence electrons. The Bertz CT molecular complexity index is 511. The molecule has 1 aromatic carbocycles. The van der Waals surface area contributed by atoms with Crippen LogP contribution in [0, 0.1) is 10.1 Å². The van der Waals surface area contributed by atoms with Gasteiger partial charge in [0.05, 0.1) is 4.92 Å². The largest absolute Gasteiger partial charge is 0.379 e. The molecular formula is C12H14N4O2. The number of H-pyrrole nitrogens is 1. The van der Waals surface area contributed by atoms with Crippen molar-refractivity contribution in [1.29, 1.82) is 0 Å². The maximum atomic E-state index is 10.8. The van der Waals surface area contributed by atoms with Crippen molar-refractivity contribution in [2.45, 2.75) is 12.8 Å². The zero-order chi connectivity index (χ0) is 12.8. The van der Waals surface area contributed by atoms with Crippen LogP contribution in [0.25, 0.3) is 0 Å². The molecule has 2 N–H and O–H groups in total. The number of rotatable bonds is 6. The van der Waals surface area contributed by atoms with Crippen LogP contribution in [-0.2, 0) is 6.42 Å². The van der Waals surface area contributed by atoms with E-state index in [0.29, 0.717) is 12.2 Å². The molecule has 6 nitrogen and oxygen atoms in total. The third-order valence-electron chi connectivity index (χ3n) is 2.56. The first kappa shape index (κ1) is 12.1. The van der Waals surface area contributed by atoms with Gasteiger partial charge < -0.3 is 10.3 Å². The highest BCUT2D eigenvalue weighted by Crippen LogP contribution is 2.22. The van der Waals surface area contributed by atoms with E-state index in [-0.39, 0.29) is 10.6 Å². The lowest BCUT2D eigenvalue weighted by Crippen LogP contribution is -2.05. The number of benzene rings is 1. The molecule has 2 rings (SSSR count). The maximum absolute atomic E-state index is 10.8. The number of nitro groups is 1. The van der Waals surface area contributed by atoms with Crippen molar-refractivity contribution >= 4 is 11.4 Å². The quantitative estimate of drug-likeness (QED) is 0.465. The lowest BCUT2D eigenvalue weighted by molar-refractivity contribution is -0.384. The third kappa shape index (κ3) is 3.07. The van der Waals surface area contributed by atoms with Crippen molar-refractivity contribution < 1.29 is 4.92 Å². The van der Waals surface area contributed by atoms with Gasteiger partial charge in [-0.25, -0.2) is 4.98 Å². The van der Waals surface area contributed by atoms with E-state index in [0.717, 1.165) is 18.7 Å². The maximum Gasteiger partial charge on any atom is 0.292 e. The Morgan fingerprint density at radius 2 is 2.22 bits per heavy atom. The minimum Gasteiger partial charge on any atom is -0.379 e. The Balaban J connectivity index is 1.85. The highest BCUT2D eigenvalue weighted by atomic mass is 16.6. The molecular weight excluding hydrogens is 232 g/mol. The topological polar surface area (TPSA) is 83.8 Å². The monoisotopic (exact) mass is 246 g/mol. The number of nitrogens with zero attached hydrogens (tertiary/aromatic N) is 2. The van der Waals surface area contributed by atoms with E-state index in [1.54, 1.807) is 30.6 Å². The molecule has 0 amide bonds. The standard InChI is InChI=1S/C12H14N4O2/c17-16(18)11-5-2-1-4-10(11)13-7-3-6-12-14-8-9-15-12/h1-2,4-5,8-9,13H,3,6-7H2,(H,14,15). The van der Waals surface area contributed by atoms with Crippen molar-refractivity contribution in [3.8, 4) is 0 Å². The van der Waals surface area contributed by atoms with Gasteiger partial charge in [-0.1, -0.05) is 12.1 Å². The van der Waals surface area contributed by atoms with Crippen LogP contribution in [0.5, 0.6) is 0 Å². The first-order valence-electron chi connectivity index (χ1n) is 5.73.